The predicted octanol–water partition coefficient (Wildman–Crippen LogP) is 4.56. The Morgan fingerprint density at radius 2 is 2.00 bits per heavy atom. The Balaban J connectivity index is 1.55. The number of benzene rings is 1. The highest BCUT2D eigenvalue weighted by atomic mass is 19.3. The van der Waals surface area contributed by atoms with Gasteiger partial charge in [0.25, 0.3) is 6.43 Å². The molecule has 1 aliphatic rings. The van der Waals surface area contributed by atoms with E-state index >= 15 is 0 Å². The first kappa shape index (κ1) is 23.1. The van der Waals surface area contributed by atoms with Gasteiger partial charge in [0.2, 0.25) is 0 Å². The minimum absolute atomic E-state index is 0.00979. The minimum atomic E-state index is -2.76. The van der Waals surface area contributed by atoms with E-state index in [1.165, 1.54) is 28.9 Å². The summed E-state index contributed by atoms with van der Waals surface area (Å²) in [6, 6.07) is 3.85. The van der Waals surface area contributed by atoms with Crippen molar-refractivity contribution in [1.29, 1.82) is 0 Å². The fourth-order valence-electron chi connectivity index (χ4n) is 3.91. The molecule has 33 heavy (non-hydrogen) atoms. The van der Waals surface area contributed by atoms with Gasteiger partial charge in [0.1, 0.15) is 5.69 Å². The highest BCUT2D eigenvalue weighted by Gasteiger charge is 2.21. The van der Waals surface area contributed by atoms with Crippen LogP contribution in [0.1, 0.15) is 30.5 Å². The lowest BCUT2D eigenvalue weighted by atomic mass is 10.1. The van der Waals surface area contributed by atoms with Crippen molar-refractivity contribution >= 4 is 17.0 Å². The average Bonchev–Trinajstić information content (AvgIpc) is 3.17. The van der Waals surface area contributed by atoms with Gasteiger partial charge in [-0.2, -0.15) is 15.3 Å². The highest BCUT2D eigenvalue weighted by Crippen LogP contribution is 2.34. The summed E-state index contributed by atoms with van der Waals surface area (Å²) < 4.78 is 48.4. The molecule has 0 aliphatic carbocycles. The number of aromatic nitrogens is 3. The zero-order valence-corrected chi connectivity index (χ0v) is 18.5. The van der Waals surface area contributed by atoms with E-state index in [4.69, 9.17) is 10.5 Å². The lowest BCUT2D eigenvalue weighted by Gasteiger charge is -2.29. The number of alkyl halides is 2. The normalized spacial score (nSPS) is 15.9. The number of aryl methyl sites for hydroxylation is 1. The average molecular weight is 461 g/mol. The Labute approximate surface area is 189 Å². The van der Waals surface area contributed by atoms with Gasteiger partial charge >= 0.3 is 0 Å². The molecule has 1 aliphatic heterocycles. The van der Waals surface area contributed by atoms with Crippen LogP contribution in [0.4, 0.5) is 24.5 Å². The van der Waals surface area contributed by atoms with Crippen LogP contribution in [-0.2, 0) is 4.74 Å². The molecule has 0 radical (unpaired) electrons. The number of anilines is 1. The van der Waals surface area contributed by atoms with E-state index in [0.29, 0.717) is 12.3 Å². The van der Waals surface area contributed by atoms with Crippen molar-refractivity contribution < 1.29 is 17.9 Å². The van der Waals surface area contributed by atoms with Crippen molar-refractivity contribution in [2.45, 2.75) is 32.2 Å². The summed E-state index contributed by atoms with van der Waals surface area (Å²) in [5.41, 5.74) is 6.82. The maximum Gasteiger partial charge on any atom is 0.267 e. The van der Waals surface area contributed by atoms with Gasteiger partial charge in [0, 0.05) is 32.3 Å². The molecular formula is C22H26F3N7O. The molecule has 0 saturated carbocycles. The molecule has 3 heterocycles. The van der Waals surface area contributed by atoms with E-state index in [-0.39, 0.29) is 39.9 Å². The molecule has 0 unspecified atom stereocenters. The number of nitrogen functional groups attached to an aromatic ring is 1. The monoisotopic (exact) mass is 461 g/mol. The standard InChI is InChI=1S/C22H26F3N7O/c1-13-12-32-22(27-13)16(21(24)25)11-19(30-32)14-9-17(23)20(18(26)10-14)29-28-15-3-5-31(6-4-15)7-8-33-2/h9-12,15,21H,3-8,26H2,1-2H3. The number of likely N-dealkylation sites (tertiary alicyclic amines) is 1. The highest BCUT2D eigenvalue weighted by molar-refractivity contribution is 5.74. The fraction of sp³-hybridized carbons (Fsp3) is 0.455. The second-order valence-electron chi connectivity index (χ2n) is 8.11. The lowest BCUT2D eigenvalue weighted by Crippen LogP contribution is -2.37. The van der Waals surface area contributed by atoms with Gasteiger partial charge in [0.05, 0.1) is 41.5 Å². The van der Waals surface area contributed by atoms with Gasteiger partial charge in [0.15, 0.2) is 11.5 Å². The number of rotatable bonds is 7. The molecular weight excluding hydrogens is 435 g/mol. The number of methoxy groups -OCH3 is 1. The van der Waals surface area contributed by atoms with Crippen molar-refractivity contribution in [1.82, 2.24) is 19.5 Å². The summed E-state index contributed by atoms with van der Waals surface area (Å²) in [5, 5.41) is 12.7. The minimum Gasteiger partial charge on any atom is -0.397 e. The van der Waals surface area contributed by atoms with Gasteiger partial charge in [-0.25, -0.2) is 22.7 Å². The van der Waals surface area contributed by atoms with E-state index in [1.807, 2.05) is 0 Å². The number of imidazole rings is 1. The Kier molecular flexibility index (Phi) is 6.89. The van der Waals surface area contributed by atoms with Gasteiger partial charge in [-0.05, 0) is 38.0 Å². The van der Waals surface area contributed by atoms with Crippen molar-refractivity contribution in [3.05, 3.63) is 41.5 Å². The van der Waals surface area contributed by atoms with E-state index in [0.717, 1.165) is 32.5 Å². The van der Waals surface area contributed by atoms with E-state index in [1.54, 1.807) is 14.0 Å². The number of fused-ring (bicyclic) bond motifs is 1. The zero-order chi connectivity index (χ0) is 23.5. The number of nitrogens with zero attached hydrogens (tertiary/aromatic N) is 6. The molecule has 0 spiro atoms. The summed E-state index contributed by atoms with van der Waals surface area (Å²) in [5.74, 6) is -0.686. The Morgan fingerprint density at radius 3 is 2.67 bits per heavy atom. The van der Waals surface area contributed by atoms with Crippen LogP contribution in [-0.4, -0.2) is 58.9 Å². The summed E-state index contributed by atoms with van der Waals surface area (Å²) in [6.07, 6.45) is 0.412. The molecule has 1 aromatic carbocycles. The van der Waals surface area contributed by atoms with Crippen LogP contribution in [0.3, 0.4) is 0 Å². The number of ether oxygens (including phenoxy) is 1. The number of nitrogens with two attached hydrogens (primary N) is 1. The van der Waals surface area contributed by atoms with Crippen molar-refractivity contribution in [2.75, 3.05) is 39.1 Å². The van der Waals surface area contributed by atoms with Crippen LogP contribution in [0, 0.1) is 12.7 Å². The van der Waals surface area contributed by atoms with E-state index in [2.05, 4.69) is 25.2 Å². The smallest absolute Gasteiger partial charge is 0.267 e. The second-order valence-corrected chi connectivity index (χ2v) is 8.11. The van der Waals surface area contributed by atoms with Crippen LogP contribution in [0.2, 0.25) is 0 Å². The van der Waals surface area contributed by atoms with Crippen molar-refractivity contribution in [3.8, 4) is 11.3 Å². The summed E-state index contributed by atoms with van der Waals surface area (Å²) in [7, 11) is 1.68. The number of hydrogen-bond donors (Lipinski definition) is 1. The van der Waals surface area contributed by atoms with Crippen molar-refractivity contribution in [2.24, 2.45) is 10.2 Å². The van der Waals surface area contributed by atoms with E-state index in [9.17, 15) is 13.2 Å². The van der Waals surface area contributed by atoms with Crippen LogP contribution in [0.25, 0.3) is 16.9 Å². The number of piperidine rings is 1. The topological polar surface area (TPSA) is 93.4 Å². The largest absolute Gasteiger partial charge is 0.397 e. The number of halogens is 3. The molecule has 0 bridgehead atoms. The summed E-state index contributed by atoms with van der Waals surface area (Å²) >= 11 is 0. The van der Waals surface area contributed by atoms with Crippen LogP contribution in [0.5, 0.6) is 0 Å². The number of hydrogen-bond acceptors (Lipinski definition) is 7. The maximum atomic E-state index is 14.9. The first-order valence-electron chi connectivity index (χ1n) is 10.7. The molecule has 1 saturated heterocycles. The zero-order valence-electron chi connectivity index (χ0n) is 18.5. The van der Waals surface area contributed by atoms with E-state index < -0.39 is 12.2 Å². The molecule has 0 amide bonds. The van der Waals surface area contributed by atoms with Crippen LogP contribution < -0.4 is 5.73 Å². The molecule has 2 N–H and O–H groups in total. The van der Waals surface area contributed by atoms with Crippen LogP contribution in [0.15, 0.2) is 34.6 Å². The van der Waals surface area contributed by atoms with Gasteiger partial charge in [-0.15, -0.1) is 0 Å². The van der Waals surface area contributed by atoms with Gasteiger partial charge in [-0.1, -0.05) is 0 Å². The molecule has 11 heteroatoms. The van der Waals surface area contributed by atoms with Gasteiger partial charge in [-0.3, -0.25) is 0 Å². The predicted molar refractivity (Wildman–Crippen MR) is 118 cm³/mol. The Bertz CT molecular complexity index is 1130. The SMILES string of the molecule is COCCN1CCC(N=Nc2c(N)cc(-c3cc(C(F)F)c4nc(C)cn4n3)cc2F)CC1. The molecule has 176 valence electrons. The number of azo groups is 1. The Morgan fingerprint density at radius 1 is 1.24 bits per heavy atom. The third-order valence-electron chi connectivity index (χ3n) is 5.69. The summed E-state index contributed by atoms with van der Waals surface area (Å²) in [4.78, 5) is 6.38. The molecule has 3 aromatic rings. The third-order valence-corrected chi connectivity index (χ3v) is 5.69. The second kappa shape index (κ2) is 9.84. The third kappa shape index (κ3) is 5.14. The molecule has 4 rings (SSSR count). The van der Waals surface area contributed by atoms with Crippen molar-refractivity contribution in [3.63, 3.8) is 0 Å². The quantitative estimate of drug-likeness (QED) is 0.411. The molecule has 0 atom stereocenters. The fourth-order valence-corrected chi connectivity index (χ4v) is 3.91. The molecule has 2 aromatic heterocycles. The first-order chi connectivity index (χ1) is 15.9. The first-order valence-corrected chi connectivity index (χ1v) is 10.7. The lowest BCUT2D eigenvalue weighted by molar-refractivity contribution is 0.130. The maximum absolute atomic E-state index is 14.9. The Hall–Kier alpha value is -3.05. The molecule has 1 fully saturated rings. The summed E-state index contributed by atoms with van der Waals surface area (Å²) in [6.45, 7) is 4.98. The molecule has 8 nitrogen and oxygen atoms in total. The van der Waals surface area contributed by atoms with Crippen LogP contribution >= 0.6 is 0 Å². The van der Waals surface area contributed by atoms with Gasteiger partial charge < -0.3 is 15.4 Å².